The molecule has 4 N–H and O–H groups in total. The highest BCUT2D eigenvalue weighted by atomic mass is 19.1. The fourth-order valence-electron chi connectivity index (χ4n) is 2.94. The Balaban J connectivity index is 1.72. The Morgan fingerprint density at radius 2 is 1.85 bits per heavy atom. The van der Waals surface area contributed by atoms with Crippen molar-refractivity contribution in [2.75, 3.05) is 0 Å². The molecule has 4 rings (SSSR count). The highest BCUT2D eigenvalue weighted by Gasteiger charge is 2.12. The number of hydrogen-bond donors (Lipinski definition) is 4. The molecule has 4 aromatic rings. The Kier molecular flexibility index (Phi) is 4.02. The van der Waals surface area contributed by atoms with Gasteiger partial charge in [0.25, 0.3) is 0 Å². The molecule has 7 heteroatoms. The first-order chi connectivity index (χ1) is 12.6. The Hall–Kier alpha value is -3.03. The average molecular weight is 352 g/mol. The third kappa shape index (κ3) is 2.77. The maximum absolute atomic E-state index is 13.7. The van der Waals surface area contributed by atoms with Crippen LogP contribution in [-0.2, 0) is 13.2 Å². The summed E-state index contributed by atoms with van der Waals surface area (Å²) in [7, 11) is 0. The van der Waals surface area contributed by atoms with Crippen molar-refractivity contribution in [3.05, 3.63) is 58.9 Å². The van der Waals surface area contributed by atoms with E-state index in [0.717, 1.165) is 11.1 Å². The number of aromatic nitrogens is 4. The molecule has 2 aromatic carbocycles. The number of H-pyrrole nitrogens is 2. The van der Waals surface area contributed by atoms with Crippen molar-refractivity contribution in [1.29, 1.82) is 0 Å². The molecule has 0 saturated carbocycles. The predicted octanol–water partition coefficient (Wildman–Crippen LogP) is 3.05. The van der Waals surface area contributed by atoms with Gasteiger partial charge in [-0.3, -0.25) is 5.10 Å². The zero-order chi connectivity index (χ0) is 18.3. The van der Waals surface area contributed by atoms with Crippen LogP contribution in [0.5, 0.6) is 0 Å². The highest BCUT2D eigenvalue weighted by molar-refractivity contribution is 5.80. The van der Waals surface area contributed by atoms with E-state index in [1.165, 1.54) is 6.07 Å². The number of aromatic amines is 2. The summed E-state index contributed by atoms with van der Waals surface area (Å²) in [6, 6.07) is 10.4. The van der Waals surface area contributed by atoms with Crippen molar-refractivity contribution in [1.82, 2.24) is 20.2 Å². The van der Waals surface area contributed by atoms with Gasteiger partial charge < -0.3 is 15.2 Å². The maximum Gasteiger partial charge on any atom is 0.156 e. The van der Waals surface area contributed by atoms with Crippen LogP contribution < -0.4 is 0 Å². The van der Waals surface area contributed by atoms with Gasteiger partial charge in [0, 0.05) is 11.6 Å². The molecule has 0 amide bonds. The van der Waals surface area contributed by atoms with Gasteiger partial charge in [-0.1, -0.05) is 12.1 Å². The first kappa shape index (κ1) is 16.4. The van der Waals surface area contributed by atoms with E-state index < -0.39 is 0 Å². The number of aliphatic hydroxyl groups is 2. The first-order valence-electron chi connectivity index (χ1n) is 8.14. The van der Waals surface area contributed by atoms with Crippen molar-refractivity contribution in [2.24, 2.45) is 0 Å². The van der Waals surface area contributed by atoms with Crippen LogP contribution in [0.1, 0.15) is 16.7 Å². The van der Waals surface area contributed by atoms with Crippen molar-refractivity contribution in [3.8, 4) is 22.8 Å². The number of fused-ring (bicyclic) bond motifs is 1. The minimum atomic E-state index is -0.290. The van der Waals surface area contributed by atoms with Gasteiger partial charge in [-0.05, 0) is 41.8 Å². The van der Waals surface area contributed by atoms with E-state index in [4.69, 9.17) is 0 Å². The Morgan fingerprint density at radius 1 is 1.04 bits per heavy atom. The van der Waals surface area contributed by atoms with Gasteiger partial charge in [0.15, 0.2) is 5.82 Å². The molecule has 132 valence electrons. The molecule has 0 atom stereocenters. The van der Waals surface area contributed by atoms with E-state index in [2.05, 4.69) is 20.2 Å². The third-order valence-electron chi connectivity index (χ3n) is 4.44. The normalized spacial score (nSPS) is 11.4. The number of rotatable bonds is 4. The number of imidazole rings is 1. The molecule has 6 nitrogen and oxygen atoms in total. The van der Waals surface area contributed by atoms with Gasteiger partial charge >= 0.3 is 0 Å². The third-order valence-corrected chi connectivity index (χ3v) is 4.44. The van der Waals surface area contributed by atoms with Crippen LogP contribution >= 0.6 is 0 Å². The number of aliphatic hydroxyl groups excluding tert-OH is 2. The summed E-state index contributed by atoms with van der Waals surface area (Å²) in [4.78, 5) is 7.58. The van der Waals surface area contributed by atoms with E-state index >= 15 is 0 Å². The van der Waals surface area contributed by atoms with Gasteiger partial charge in [0.2, 0.25) is 0 Å². The van der Waals surface area contributed by atoms with Gasteiger partial charge in [0.05, 0.1) is 29.9 Å². The molecular weight excluding hydrogens is 335 g/mol. The molecule has 0 bridgehead atoms. The van der Waals surface area contributed by atoms with Crippen molar-refractivity contribution < 1.29 is 14.6 Å². The van der Waals surface area contributed by atoms with Crippen molar-refractivity contribution >= 4 is 11.0 Å². The second-order valence-corrected chi connectivity index (χ2v) is 6.17. The van der Waals surface area contributed by atoms with E-state index in [9.17, 15) is 14.6 Å². The molecule has 0 fully saturated rings. The molecule has 0 aliphatic heterocycles. The van der Waals surface area contributed by atoms with Crippen LogP contribution in [0.3, 0.4) is 0 Å². The quantitative estimate of drug-likeness (QED) is 0.454. The lowest BCUT2D eigenvalue weighted by Crippen LogP contribution is -1.94. The molecular formula is C19H17FN4O2. The topological polar surface area (TPSA) is 97.8 Å². The lowest BCUT2D eigenvalue weighted by molar-refractivity contribution is 0.260. The van der Waals surface area contributed by atoms with Gasteiger partial charge in [-0.15, -0.1) is 0 Å². The molecule has 0 saturated heterocycles. The second kappa shape index (κ2) is 6.36. The first-order valence-corrected chi connectivity index (χ1v) is 8.14. The van der Waals surface area contributed by atoms with E-state index in [1.54, 1.807) is 25.1 Å². The molecule has 0 spiro atoms. The van der Waals surface area contributed by atoms with E-state index in [-0.39, 0.29) is 19.0 Å². The van der Waals surface area contributed by atoms with Gasteiger partial charge in [-0.2, -0.15) is 5.10 Å². The number of nitrogens with zero attached hydrogens (tertiary/aromatic N) is 2. The highest BCUT2D eigenvalue weighted by Crippen LogP contribution is 2.26. The fourth-order valence-corrected chi connectivity index (χ4v) is 2.94. The van der Waals surface area contributed by atoms with Crippen molar-refractivity contribution in [2.45, 2.75) is 20.1 Å². The summed E-state index contributed by atoms with van der Waals surface area (Å²) in [5, 5.41) is 26.0. The van der Waals surface area contributed by atoms with Crippen molar-refractivity contribution in [3.63, 3.8) is 0 Å². The van der Waals surface area contributed by atoms with E-state index in [0.29, 0.717) is 39.4 Å². The Morgan fingerprint density at radius 3 is 2.62 bits per heavy atom. The summed E-state index contributed by atoms with van der Waals surface area (Å²) in [6.07, 6.45) is 0. The monoisotopic (exact) mass is 352 g/mol. The fraction of sp³-hybridized carbons (Fsp3) is 0.158. The second-order valence-electron chi connectivity index (χ2n) is 6.17. The number of aryl methyl sites for hydroxylation is 1. The van der Waals surface area contributed by atoms with Crippen LogP contribution in [0.2, 0.25) is 0 Å². The minimum Gasteiger partial charge on any atom is -0.392 e. The number of halogens is 1. The lowest BCUT2D eigenvalue weighted by atomic mass is 10.0. The SMILES string of the molecule is Cc1cc2[nH]c(-c3cc(-c4ccc(CO)c(CO)c4)n[nH]3)nc2cc1F. The smallest absolute Gasteiger partial charge is 0.156 e. The molecule has 2 heterocycles. The summed E-state index contributed by atoms with van der Waals surface area (Å²) in [5.74, 6) is 0.277. The Labute approximate surface area is 148 Å². The summed E-state index contributed by atoms with van der Waals surface area (Å²) in [6.45, 7) is 1.42. The predicted molar refractivity (Wildman–Crippen MR) is 95.7 cm³/mol. The van der Waals surface area contributed by atoms with Crippen LogP contribution in [0, 0.1) is 12.7 Å². The zero-order valence-electron chi connectivity index (χ0n) is 14.0. The molecule has 26 heavy (non-hydrogen) atoms. The maximum atomic E-state index is 13.7. The summed E-state index contributed by atoms with van der Waals surface area (Å²) < 4.78 is 13.7. The molecule has 0 radical (unpaired) electrons. The Bertz CT molecular complexity index is 1060. The van der Waals surface area contributed by atoms with Crippen LogP contribution in [0.4, 0.5) is 4.39 Å². The van der Waals surface area contributed by atoms with Gasteiger partial charge in [0.1, 0.15) is 11.5 Å². The van der Waals surface area contributed by atoms with E-state index in [1.807, 2.05) is 12.1 Å². The van der Waals surface area contributed by atoms with Crippen LogP contribution in [0.25, 0.3) is 33.8 Å². The zero-order valence-corrected chi connectivity index (χ0v) is 14.0. The number of nitrogens with one attached hydrogen (secondary N) is 2. The molecule has 2 aromatic heterocycles. The molecule has 0 aliphatic rings. The molecule has 0 aliphatic carbocycles. The number of hydrogen-bond acceptors (Lipinski definition) is 4. The van der Waals surface area contributed by atoms with Crippen LogP contribution in [0.15, 0.2) is 36.4 Å². The summed E-state index contributed by atoms with van der Waals surface area (Å²) in [5.41, 5.74) is 5.36. The average Bonchev–Trinajstić information content (AvgIpc) is 3.28. The molecule has 0 unspecified atom stereocenters. The minimum absolute atomic E-state index is 0.128. The largest absolute Gasteiger partial charge is 0.392 e. The standard InChI is InChI=1S/C19H17FN4O2/c1-10-4-16-17(6-14(10)20)22-19(21-16)18-7-15(23-24-18)11-2-3-12(8-25)13(5-11)9-26/h2-7,25-26H,8-9H2,1H3,(H,21,22)(H,23,24). The number of benzene rings is 2. The lowest BCUT2D eigenvalue weighted by Gasteiger charge is -2.06. The summed E-state index contributed by atoms with van der Waals surface area (Å²) >= 11 is 0. The van der Waals surface area contributed by atoms with Crippen LogP contribution in [-0.4, -0.2) is 30.4 Å². The van der Waals surface area contributed by atoms with Gasteiger partial charge in [-0.25, -0.2) is 9.37 Å².